The van der Waals surface area contributed by atoms with Gasteiger partial charge in [0.25, 0.3) is 10.0 Å². The summed E-state index contributed by atoms with van der Waals surface area (Å²) in [5.41, 5.74) is 1.83. The minimum absolute atomic E-state index is 0.174. The number of aromatic nitrogens is 1. The van der Waals surface area contributed by atoms with Crippen molar-refractivity contribution in [3.05, 3.63) is 48.0 Å². The van der Waals surface area contributed by atoms with E-state index in [1.165, 1.54) is 12.3 Å². The lowest BCUT2D eigenvalue weighted by Gasteiger charge is -2.31. The van der Waals surface area contributed by atoms with Crippen LogP contribution in [0.25, 0.3) is 11.3 Å². The van der Waals surface area contributed by atoms with Crippen LogP contribution >= 0.6 is 0 Å². The van der Waals surface area contributed by atoms with Crippen molar-refractivity contribution in [1.82, 2.24) is 9.29 Å². The third-order valence-corrected chi connectivity index (χ3v) is 6.42. The minimum atomic E-state index is -4.29. The van der Waals surface area contributed by atoms with Crippen molar-refractivity contribution < 1.29 is 21.6 Å². The molecule has 0 unspecified atom stereocenters. The largest absolute Gasteiger partial charge is 0.391 e. The summed E-state index contributed by atoms with van der Waals surface area (Å²) in [6.45, 7) is -0.348. The number of piperidine rings is 1. The number of halogens is 3. The van der Waals surface area contributed by atoms with Crippen molar-refractivity contribution >= 4 is 16.2 Å². The summed E-state index contributed by atoms with van der Waals surface area (Å²) in [4.78, 5) is 4.20. The molecule has 0 saturated carbocycles. The molecule has 0 spiro atoms. The molecular formula is C18H18F3N3O2S. The number of alkyl halides is 3. The zero-order valence-electron chi connectivity index (χ0n) is 14.3. The first-order valence-corrected chi connectivity index (χ1v) is 9.80. The fourth-order valence-electron chi connectivity index (χ4n) is 3.03. The SMILES string of the molecule is N=Cc1ccc(-c2cccc(S(=O)(=O)N3CCC(C(F)(F)F)CC3)n2)cc1. The third-order valence-electron chi connectivity index (χ3n) is 4.62. The Kier molecular flexibility index (Phi) is 5.34. The summed E-state index contributed by atoms with van der Waals surface area (Å²) in [6.07, 6.45) is -3.58. The summed E-state index contributed by atoms with van der Waals surface area (Å²) >= 11 is 0. The normalized spacial score (nSPS) is 17.0. The van der Waals surface area contributed by atoms with E-state index in [1.54, 1.807) is 36.4 Å². The van der Waals surface area contributed by atoms with Crippen LogP contribution in [0.4, 0.5) is 13.2 Å². The molecule has 0 aliphatic carbocycles. The summed E-state index contributed by atoms with van der Waals surface area (Å²) in [5, 5.41) is 7.03. The fourth-order valence-corrected chi connectivity index (χ4v) is 4.45. The molecule has 1 aliphatic rings. The molecule has 2 heterocycles. The number of sulfonamides is 1. The van der Waals surface area contributed by atoms with E-state index in [1.807, 2.05) is 0 Å². The average molecular weight is 397 g/mol. The molecule has 3 rings (SSSR count). The Balaban J connectivity index is 1.82. The molecule has 9 heteroatoms. The van der Waals surface area contributed by atoms with E-state index in [2.05, 4.69) is 4.98 Å². The summed E-state index contributed by atoms with van der Waals surface area (Å²) in [6, 6.07) is 11.5. The number of rotatable bonds is 4. The topological polar surface area (TPSA) is 74.1 Å². The number of pyridine rings is 1. The monoisotopic (exact) mass is 397 g/mol. The molecule has 1 aliphatic heterocycles. The van der Waals surface area contributed by atoms with Crippen LogP contribution in [0.2, 0.25) is 0 Å². The maximum absolute atomic E-state index is 12.8. The lowest BCUT2D eigenvalue weighted by molar-refractivity contribution is -0.182. The van der Waals surface area contributed by atoms with Gasteiger partial charge in [-0.3, -0.25) is 0 Å². The van der Waals surface area contributed by atoms with Gasteiger partial charge in [0.15, 0.2) is 5.03 Å². The Labute approximate surface area is 155 Å². The van der Waals surface area contributed by atoms with Gasteiger partial charge in [-0.1, -0.05) is 30.3 Å². The Bertz CT molecular complexity index is 920. The third kappa shape index (κ3) is 4.19. The Hall–Kier alpha value is -2.26. The van der Waals surface area contributed by atoms with Crippen LogP contribution in [0, 0.1) is 11.3 Å². The highest BCUT2D eigenvalue weighted by molar-refractivity contribution is 7.89. The molecule has 0 bridgehead atoms. The zero-order chi connectivity index (χ0) is 19.7. The van der Waals surface area contributed by atoms with Gasteiger partial charge in [0.1, 0.15) is 0 Å². The van der Waals surface area contributed by atoms with E-state index in [-0.39, 0.29) is 31.0 Å². The second-order valence-corrected chi connectivity index (χ2v) is 8.23. The first-order chi connectivity index (χ1) is 12.7. The Morgan fingerprint density at radius 2 is 1.70 bits per heavy atom. The van der Waals surface area contributed by atoms with Crippen LogP contribution in [-0.2, 0) is 10.0 Å². The summed E-state index contributed by atoms with van der Waals surface area (Å²) in [5.74, 6) is -1.46. The lowest BCUT2D eigenvalue weighted by atomic mass is 9.98. The highest BCUT2D eigenvalue weighted by atomic mass is 32.2. The van der Waals surface area contributed by atoms with Crippen molar-refractivity contribution in [2.75, 3.05) is 13.1 Å². The van der Waals surface area contributed by atoms with E-state index >= 15 is 0 Å². The smallest absolute Gasteiger partial charge is 0.308 e. The predicted octanol–water partition coefficient (Wildman–Crippen LogP) is 3.71. The van der Waals surface area contributed by atoms with Crippen LogP contribution in [0.15, 0.2) is 47.5 Å². The van der Waals surface area contributed by atoms with Gasteiger partial charge in [0, 0.05) is 24.9 Å². The molecule has 0 amide bonds. The van der Waals surface area contributed by atoms with Gasteiger partial charge >= 0.3 is 6.18 Å². The molecule has 0 radical (unpaired) electrons. The number of benzene rings is 1. The number of hydrogen-bond acceptors (Lipinski definition) is 4. The maximum atomic E-state index is 12.8. The van der Waals surface area contributed by atoms with Gasteiger partial charge in [-0.05, 0) is 30.5 Å². The van der Waals surface area contributed by atoms with Crippen LogP contribution < -0.4 is 0 Å². The second kappa shape index (κ2) is 7.40. The van der Waals surface area contributed by atoms with Crippen LogP contribution in [0.3, 0.4) is 0 Å². The van der Waals surface area contributed by atoms with Crippen molar-refractivity contribution in [3.8, 4) is 11.3 Å². The molecule has 1 aromatic heterocycles. The van der Waals surface area contributed by atoms with E-state index < -0.39 is 22.1 Å². The van der Waals surface area contributed by atoms with Gasteiger partial charge in [-0.2, -0.15) is 17.5 Å². The second-order valence-electron chi connectivity index (χ2n) is 6.35. The quantitative estimate of drug-likeness (QED) is 0.800. The Morgan fingerprint density at radius 3 is 2.26 bits per heavy atom. The molecular weight excluding hydrogens is 379 g/mol. The maximum Gasteiger partial charge on any atom is 0.391 e. The molecule has 1 fully saturated rings. The van der Waals surface area contributed by atoms with Crippen LogP contribution in [-0.4, -0.2) is 43.2 Å². The molecule has 1 N–H and O–H groups in total. The van der Waals surface area contributed by atoms with Crippen LogP contribution in [0.1, 0.15) is 18.4 Å². The molecule has 2 aromatic rings. The number of nitrogens with zero attached hydrogens (tertiary/aromatic N) is 2. The van der Waals surface area contributed by atoms with Crippen molar-refractivity contribution in [3.63, 3.8) is 0 Å². The first-order valence-electron chi connectivity index (χ1n) is 8.36. The van der Waals surface area contributed by atoms with Crippen LogP contribution in [0.5, 0.6) is 0 Å². The van der Waals surface area contributed by atoms with Gasteiger partial charge in [-0.25, -0.2) is 13.4 Å². The predicted molar refractivity (Wildman–Crippen MR) is 95.1 cm³/mol. The molecule has 5 nitrogen and oxygen atoms in total. The van der Waals surface area contributed by atoms with Crippen molar-refractivity contribution in [1.29, 1.82) is 5.41 Å². The molecule has 0 atom stereocenters. The summed E-state index contributed by atoms with van der Waals surface area (Å²) < 4.78 is 65.0. The van der Waals surface area contributed by atoms with E-state index in [4.69, 9.17) is 5.41 Å². The molecule has 1 aromatic carbocycles. The number of nitrogens with one attached hydrogen (secondary N) is 1. The summed E-state index contributed by atoms with van der Waals surface area (Å²) in [7, 11) is -3.96. The molecule has 144 valence electrons. The van der Waals surface area contributed by atoms with Gasteiger partial charge < -0.3 is 5.41 Å². The van der Waals surface area contributed by atoms with Gasteiger partial charge in [0.2, 0.25) is 0 Å². The average Bonchev–Trinajstić information content (AvgIpc) is 2.67. The first kappa shape index (κ1) is 19.5. The van der Waals surface area contributed by atoms with Gasteiger partial charge in [-0.15, -0.1) is 0 Å². The zero-order valence-corrected chi connectivity index (χ0v) is 15.1. The van der Waals surface area contributed by atoms with E-state index in [0.29, 0.717) is 16.8 Å². The minimum Gasteiger partial charge on any atom is -0.308 e. The highest BCUT2D eigenvalue weighted by Gasteiger charge is 2.43. The standard InChI is InChI=1S/C18H18F3N3O2S/c19-18(20,21)15-8-10-24(11-9-15)27(25,26)17-3-1-2-16(23-17)14-6-4-13(12-22)5-7-14/h1-7,12,15,22H,8-11H2. The fraction of sp³-hybridized carbons (Fsp3) is 0.333. The highest BCUT2D eigenvalue weighted by Crippen LogP contribution is 2.35. The van der Waals surface area contributed by atoms with Gasteiger partial charge in [0.05, 0.1) is 11.6 Å². The Morgan fingerprint density at radius 1 is 1.07 bits per heavy atom. The van der Waals surface area contributed by atoms with Crippen molar-refractivity contribution in [2.45, 2.75) is 24.0 Å². The van der Waals surface area contributed by atoms with E-state index in [9.17, 15) is 21.6 Å². The molecule has 1 saturated heterocycles. The van der Waals surface area contributed by atoms with Crippen molar-refractivity contribution in [2.24, 2.45) is 5.92 Å². The number of hydrogen-bond donors (Lipinski definition) is 1. The molecule has 27 heavy (non-hydrogen) atoms. The van der Waals surface area contributed by atoms with E-state index in [0.717, 1.165) is 4.31 Å². The lowest BCUT2D eigenvalue weighted by Crippen LogP contribution is -2.42.